The maximum Gasteiger partial charge on any atom is 0.305 e. The summed E-state index contributed by atoms with van der Waals surface area (Å²) in [5, 5.41) is 0. The summed E-state index contributed by atoms with van der Waals surface area (Å²) in [5.74, 6) is -0.0283. The molecule has 1 aromatic rings. The molecule has 0 heterocycles. The molecule has 4 nitrogen and oxygen atoms in total. The van der Waals surface area contributed by atoms with Gasteiger partial charge in [-0.2, -0.15) is 0 Å². The van der Waals surface area contributed by atoms with Crippen LogP contribution in [0.25, 0.3) is 0 Å². The molecule has 0 spiro atoms. The van der Waals surface area contributed by atoms with Crippen molar-refractivity contribution in [2.75, 3.05) is 18.6 Å². The number of carbonyl (C=O) groups is 2. The first-order chi connectivity index (χ1) is 13.0. The Kier molecular flexibility index (Phi) is 19.0. The highest BCUT2D eigenvalue weighted by molar-refractivity contribution is 9.10. The molecule has 0 aliphatic rings. The lowest BCUT2D eigenvalue weighted by Gasteiger charge is -2.23. The molecule has 0 atom stereocenters. The molecule has 1 amide bonds. The van der Waals surface area contributed by atoms with E-state index in [9.17, 15) is 14.0 Å². The number of ether oxygens (including phenoxy) is 1. The van der Waals surface area contributed by atoms with Crippen LogP contribution in [0, 0.1) is 0 Å². The zero-order chi connectivity index (χ0) is 21.1. The van der Waals surface area contributed by atoms with E-state index in [4.69, 9.17) is 0 Å². The predicted octanol–water partition coefficient (Wildman–Crippen LogP) is 6.22. The lowest BCUT2D eigenvalue weighted by Crippen LogP contribution is -2.31. The van der Waals surface area contributed by atoms with E-state index in [1.54, 1.807) is 0 Å². The highest BCUT2D eigenvalue weighted by Crippen LogP contribution is 2.21. The standard InChI is InChI=1S/C17H24BrNO3.C2H3F.C2H4/c1-3-8-16(20)19(15-10-7-9-14(18)13-15)12-6-4-5-11-17(21)22-2;1-2-3;1-2/h7,9-10,13H,3-6,8,11-12H2,1-2H3;2H,1H2;1-2H2. The van der Waals surface area contributed by atoms with Gasteiger partial charge in [0.25, 0.3) is 0 Å². The second kappa shape index (κ2) is 18.8. The largest absolute Gasteiger partial charge is 0.469 e. The van der Waals surface area contributed by atoms with E-state index < -0.39 is 0 Å². The van der Waals surface area contributed by atoms with Crippen LogP contribution in [-0.2, 0) is 14.3 Å². The zero-order valence-electron chi connectivity index (χ0n) is 16.4. The Morgan fingerprint density at radius 2 is 1.85 bits per heavy atom. The summed E-state index contributed by atoms with van der Waals surface area (Å²) in [6.07, 6.45) is 4.65. The average Bonchev–Trinajstić information content (AvgIpc) is 2.66. The molecule has 0 aliphatic heterocycles. The van der Waals surface area contributed by atoms with Gasteiger partial charge in [0.15, 0.2) is 0 Å². The fourth-order valence-corrected chi connectivity index (χ4v) is 2.60. The Hall–Kier alpha value is -1.95. The average molecular weight is 444 g/mol. The third-order valence-electron chi connectivity index (χ3n) is 3.38. The van der Waals surface area contributed by atoms with Crippen molar-refractivity contribution in [3.05, 3.63) is 54.8 Å². The van der Waals surface area contributed by atoms with E-state index in [1.165, 1.54) is 7.11 Å². The van der Waals surface area contributed by atoms with Crippen LogP contribution >= 0.6 is 15.9 Å². The van der Waals surface area contributed by atoms with Gasteiger partial charge in [-0.1, -0.05) is 41.9 Å². The van der Waals surface area contributed by atoms with Crippen molar-refractivity contribution in [1.82, 2.24) is 0 Å². The Bertz CT molecular complexity index is 552. The topological polar surface area (TPSA) is 46.6 Å². The molecule has 0 radical (unpaired) electrons. The summed E-state index contributed by atoms with van der Waals surface area (Å²) in [5.41, 5.74) is 0.917. The van der Waals surface area contributed by atoms with E-state index in [-0.39, 0.29) is 18.2 Å². The van der Waals surface area contributed by atoms with Crippen molar-refractivity contribution < 1.29 is 18.7 Å². The minimum absolute atomic E-state index is 0.147. The van der Waals surface area contributed by atoms with E-state index >= 15 is 0 Å². The van der Waals surface area contributed by atoms with Gasteiger partial charge in [0.05, 0.1) is 13.4 Å². The first kappa shape index (κ1) is 27.3. The van der Waals surface area contributed by atoms with Crippen molar-refractivity contribution >= 4 is 33.5 Å². The summed E-state index contributed by atoms with van der Waals surface area (Å²) < 4.78 is 15.6. The molecule has 152 valence electrons. The molecule has 0 bridgehead atoms. The zero-order valence-corrected chi connectivity index (χ0v) is 18.0. The molecule has 0 saturated heterocycles. The number of benzene rings is 1. The summed E-state index contributed by atoms with van der Waals surface area (Å²) in [6, 6.07) is 7.79. The van der Waals surface area contributed by atoms with Crippen LogP contribution in [0.15, 0.2) is 54.8 Å². The normalized spacial score (nSPS) is 9.04. The number of unbranched alkanes of at least 4 members (excludes halogenated alkanes) is 2. The Balaban J connectivity index is 0. The van der Waals surface area contributed by atoms with Crippen LogP contribution in [0.4, 0.5) is 10.1 Å². The SMILES string of the molecule is C=C.C=CF.CCCC(=O)N(CCCCCC(=O)OC)c1cccc(Br)c1. The number of esters is 1. The number of methoxy groups -OCH3 is 1. The van der Waals surface area contributed by atoms with Gasteiger partial charge >= 0.3 is 5.97 Å². The van der Waals surface area contributed by atoms with Gasteiger partial charge in [-0.15, -0.1) is 13.2 Å². The number of halogens is 2. The fraction of sp³-hybridized carbons (Fsp3) is 0.429. The molecule has 0 saturated carbocycles. The quantitative estimate of drug-likeness (QED) is 0.258. The number of hydrogen-bond acceptors (Lipinski definition) is 3. The third-order valence-corrected chi connectivity index (χ3v) is 3.87. The monoisotopic (exact) mass is 443 g/mol. The molecular weight excluding hydrogens is 413 g/mol. The minimum Gasteiger partial charge on any atom is -0.469 e. The molecule has 0 N–H and O–H groups in total. The smallest absolute Gasteiger partial charge is 0.305 e. The van der Waals surface area contributed by atoms with E-state index in [1.807, 2.05) is 36.1 Å². The van der Waals surface area contributed by atoms with Gasteiger partial charge in [0, 0.05) is 29.5 Å². The first-order valence-electron chi connectivity index (χ1n) is 8.84. The number of hydrogen-bond donors (Lipinski definition) is 0. The van der Waals surface area contributed by atoms with Gasteiger partial charge in [-0.25, -0.2) is 4.39 Å². The van der Waals surface area contributed by atoms with E-state index in [2.05, 4.69) is 40.4 Å². The molecule has 1 aromatic carbocycles. The molecule has 0 unspecified atom stereocenters. The van der Waals surface area contributed by atoms with Crippen molar-refractivity contribution in [3.63, 3.8) is 0 Å². The van der Waals surface area contributed by atoms with Gasteiger partial charge in [0.1, 0.15) is 0 Å². The van der Waals surface area contributed by atoms with Gasteiger partial charge in [-0.05, 0) is 37.5 Å². The second-order valence-electron chi connectivity index (χ2n) is 5.32. The van der Waals surface area contributed by atoms with Gasteiger partial charge in [-0.3, -0.25) is 9.59 Å². The maximum absolute atomic E-state index is 12.3. The van der Waals surface area contributed by atoms with Crippen molar-refractivity contribution in [1.29, 1.82) is 0 Å². The van der Waals surface area contributed by atoms with Crippen molar-refractivity contribution in [2.24, 2.45) is 0 Å². The number of nitrogens with zero attached hydrogens (tertiary/aromatic N) is 1. The highest BCUT2D eigenvalue weighted by Gasteiger charge is 2.14. The highest BCUT2D eigenvalue weighted by atomic mass is 79.9. The number of carbonyl (C=O) groups excluding carboxylic acids is 2. The molecule has 1 rings (SSSR count). The first-order valence-corrected chi connectivity index (χ1v) is 9.63. The fourth-order valence-electron chi connectivity index (χ4n) is 2.21. The second-order valence-corrected chi connectivity index (χ2v) is 6.23. The predicted molar refractivity (Wildman–Crippen MR) is 114 cm³/mol. The van der Waals surface area contributed by atoms with E-state index in [0.717, 1.165) is 35.8 Å². The molecular formula is C21H31BrFNO3. The number of anilines is 1. The van der Waals surface area contributed by atoms with Crippen molar-refractivity contribution in [2.45, 2.75) is 45.4 Å². The maximum atomic E-state index is 12.3. The third kappa shape index (κ3) is 13.9. The summed E-state index contributed by atoms with van der Waals surface area (Å²) in [4.78, 5) is 25.2. The lowest BCUT2D eigenvalue weighted by atomic mass is 10.1. The molecule has 6 heteroatoms. The number of rotatable bonds is 9. The summed E-state index contributed by atoms with van der Waals surface area (Å²) >= 11 is 3.45. The minimum atomic E-state index is -0.175. The molecule has 0 aliphatic carbocycles. The molecule has 27 heavy (non-hydrogen) atoms. The van der Waals surface area contributed by atoms with E-state index in [0.29, 0.717) is 19.4 Å². The van der Waals surface area contributed by atoms with Crippen LogP contribution in [0.5, 0.6) is 0 Å². The van der Waals surface area contributed by atoms with Crippen LogP contribution < -0.4 is 4.90 Å². The molecule has 0 fully saturated rings. The number of amides is 1. The van der Waals surface area contributed by atoms with Crippen LogP contribution in [-0.4, -0.2) is 25.5 Å². The van der Waals surface area contributed by atoms with Crippen LogP contribution in [0.3, 0.4) is 0 Å². The van der Waals surface area contributed by atoms with Crippen LogP contribution in [0.2, 0.25) is 0 Å². The van der Waals surface area contributed by atoms with Crippen molar-refractivity contribution in [3.8, 4) is 0 Å². The van der Waals surface area contributed by atoms with Gasteiger partial charge < -0.3 is 9.64 Å². The lowest BCUT2D eigenvalue weighted by molar-refractivity contribution is -0.140. The van der Waals surface area contributed by atoms with Gasteiger partial charge in [0.2, 0.25) is 5.91 Å². The summed E-state index contributed by atoms with van der Waals surface area (Å²) in [7, 11) is 1.40. The Morgan fingerprint density at radius 3 is 2.37 bits per heavy atom. The van der Waals surface area contributed by atoms with Crippen LogP contribution in [0.1, 0.15) is 45.4 Å². The Labute approximate surface area is 171 Å². The summed E-state index contributed by atoms with van der Waals surface area (Å²) in [6.45, 7) is 11.4. The molecule has 0 aromatic heterocycles. The Morgan fingerprint density at radius 1 is 1.22 bits per heavy atom.